The molecule has 0 spiro atoms. The Kier molecular flexibility index (Phi) is 5.13. The largest absolute Gasteiger partial charge is 0.487 e. The van der Waals surface area contributed by atoms with Crippen LogP contribution in [0.15, 0.2) is 36.4 Å². The zero-order valence-corrected chi connectivity index (χ0v) is 11.6. The zero-order valence-electron chi connectivity index (χ0n) is 10.8. The van der Waals surface area contributed by atoms with Gasteiger partial charge in [-0.2, -0.15) is 0 Å². The highest BCUT2D eigenvalue weighted by Crippen LogP contribution is 2.21. The molecule has 0 atom stereocenters. The van der Waals surface area contributed by atoms with E-state index in [4.69, 9.17) is 16.3 Å². The van der Waals surface area contributed by atoms with Crippen LogP contribution in [0.4, 0.5) is 13.2 Å². The smallest absolute Gasteiger partial charge is 0.138 e. The third-order valence-corrected chi connectivity index (χ3v) is 2.77. The molecule has 0 N–H and O–H groups in total. The second-order valence-electron chi connectivity index (χ2n) is 4.10. The van der Waals surface area contributed by atoms with Crippen LogP contribution in [0.5, 0.6) is 5.75 Å². The summed E-state index contributed by atoms with van der Waals surface area (Å²) in [6.45, 7) is -0.162. The average Bonchev–Trinajstić information content (AvgIpc) is 2.45. The molecule has 0 fully saturated rings. The SMILES string of the molecule is Fc1ccc(COc2cc(F)ccc2C#CCCl)c(F)c1. The first-order chi connectivity index (χ1) is 10.1. The quantitative estimate of drug-likeness (QED) is 0.607. The molecule has 0 aliphatic rings. The molecular weight excluding hydrogens is 301 g/mol. The standard InChI is InChI=1S/C16H10ClF3O/c17-7-1-2-11-3-5-14(19)9-16(11)21-10-12-4-6-13(18)8-15(12)20/h3-6,8-9H,7,10H2. The fraction of sp³-hybridized carbons (Fsp3) is 0.125. The van der Waals surface area contributed by atoms with Crippen molar-refractivity contribution in [3.05, 3.63) is 65.0 Å². The first-order valence-corrected chi connectivity index (χ1v) is 6.54. The Hall–Kier alpha value is -2.12. The normalized spacial score (nSPS) is 9.90. The molecule has 2 aromatic carbocycles. The molecule has 0 aliphatic carbocycles. The summed E-state index contributed by atoms with van der Waals surface area (Å²) in [5.41, 5.74) is 0.608. The van der Waals surface area contributed by atoms with Gasteiger partial charge in [-0.25, -0.2) is 13.2 Å². The van der Waals surface area contributed by atoms with Crippen LogP contribution < -0.4 is 4.74 Å². The Morgan fingerprint density at radius 2 is 1.71 bits per heavy atom. The molecule has 0 amide bonds. The van der Waals surface area contributed by atoms with E-state index in [1.165, 1.54) is 18.2 Å². The van der Waals surface area contributed by atoms with Crippen LogP contribution in [-0.4, -0.2) is 5.88 Å². The van der Waals surface area contributed by atoms with E-state index in [1.807, 2.05) is 0 Å². The van der Waals surface area contributed by atoms with E-state index in [0.717, 1.165) is 18.2 Å². The number of ether oxygens (including phenoxy) is 1. The Bertz CT molecular complexity index is 704. The van der Waals surface area contributed by atoms with Gasteiger partial charge in [-0.15, -0.1) is 11.6 Å². The lowest BCUT2D eigenvalue weighted by atomic mass is 10.2. The molecule has 0 radical (unpaired) electrons. The molecule has 2 aromatic rings. The molecule has 2 rings (SSSR count). The number of hydrogen-bond donors (Lipinski definition) is 0. The van der Waals surface area contributed by atoms with Gasteiger partial charge in [0.05, 0.1) is 11.4 Å². The van der Waals surface area contributed by atoms with Crippen molar-refractivity contribution in [1.29, 1.82) is 0 Å². The van der Waals surface area contributed by atoms with E-state index >= 15 is 0 Å². The minimum absolute atomic E-state index is 0.128. The van der Waals surface area contributed by atoms with Crippen molar-refractivity contribution in [3.63, 3.8) is 0 Å². The van der Waals surface area contributed by atoms with Gasteiger partial charge in [-0.1, -0.05) is 11.8 Å². The molecule has 0 unspecified atom stereocenters. The maximum absolute atomic E-state index is 13.5. The highest BCUT2D eigenvalue weighted by Gasteiger charge is 2.08. The highest BCUT2D eigenvalue weighted by molar-refractivity contribution is 6.19. The lowest BCUT2D eigenvalue weighted by Crippen LogP contribution is -2.01. The van der Waals surface area contributed by atoms with Crippen molar-refractivity contribution in [2.45, 2.75) is 6.61 Å². The van der Waals surface area contributed by atoms with Crippen molar-refractivity contribution in [1.82, 2.24) is 0 Å². The summed E-state index contributed by atoms with van der Waals surface area (Å²) in [7, 11) is 0. The van der Waals surface area contributed by atoms with Gasteiger partial charge in [0.25, 0.3) is 0 Å². The molecule has 0 aliphatic heterocycles. The summed E-state index contributed by atoms with van der Waals surface area (Å²) >= 11 is 5.47. The lowest BCUT2D eigenvalue weighted by molar-refractivity contribution is 0.297. The van der Waals surface area contributed by atoms with Crippen LogP contribution in [0.25, 0.3) is 0 Å². The molecule has 0 bridgehead atoms. The highest BCUT2D eigenvalue weighted by atomic mass is 35.5. The number of alkyl halides is 1. The van der Waals surface area contributed by atoms with Crippen LogP contribution in [0.3, 0.4) is 0 Å². The third kappa shape index (κ3) is 4.17. The summed E-state index contributed by atoms with van der Waals surface area (Å²) < 4.78 is 44.9. The first kappa shape index (κ1) is 15.3. The molecule has 0 saturated heterocycles. The maximum Gasteiger partial charge on any atom is 0.138 e. The van der Waals surface area contributed by atoms with E-state index in [1.54, 1.807) is 0 Å². The van der Waals surface area contributed by atoms with Crippen molar-refractivity contribution < 1.29 is 17.9 Å². The van der Waals surface area contributed by atoms with Crippen molar-refractivity contribution in [3.8, 4) is 17.6 Å². The van der Waals surface area contributed by atoms with Crippen molar-refractivity contribution in [2.24, 2.45) is 0 Å². The molecule has 5 heteroatoms. The van der Waals surface area contributed by atoms with Crippen LogP contribution in [0.2, 0.25) is 0 Å². The van der Waals surface area contributed by atoms with Crippen LogP contribution >= 0.6 is 11.6 Å². The van der Waals surface area contributed by atoms with Gasteiger partial charge in [-0.3, -0.25) is 0 Å². The Morgan fingerprint density at radius 1 is 1.00 bits per heavy atom. The van der Waals surface area contributed by atoms with E-state index in [-0.39, 0.29) is 23.8 Å². The van der Waals surface area contributed by atoms with Crippen LogP contribution in [0, 0.1) is 29.3 Å². The monoisotopic (exact) mass is 310 g/mol. The number of halogens is 4. The third-order valence-electron chi connectivity index (χ3n) is 2.63. The van der Waals surface area contributed by atoms with Gasteiger partial charge in [0.15, 0.2) is 0 Å². The molecular formula is C16H10ClF3O. The summed E-state index contributed by atoms with van der Waals surface area (Å²) in [6.07, 6.45) is 0. The van der Waals surface area contributed by atoms with Gasteiger partial charge in [-0.05, 0) is 24.3 Å². The van der Waals surface area contributed by atoms with Crippen LogP contribution in [-0.2, 0) is 6.61 Å². The number of benzene rings is 2. The zero-order chi connectivity index (χ0) is 15.2. The fourth-order valence-electron chi connectivity index (χ4n) is 1.64. The molecule has 21 heavy (non-hydrogen) atoms. The minimum Gasteiger partial charge on any atom is -0.487 e. The van der Waals surface area contributed by atoms with Gasteiger partial charge in [0.1, 0.15) is 29.8 Å². The first-order valence-electron chi connectivity index (χ1n) is 6.01. The van der Waals surface area contributed by atoms with Gasteiger partial charge < -0.3 is 4.74 Å². The second kappa shape index (κ2) is 7.05. The summed E-state index contributed by atoms with van der Waals surface area (Å²) in [6, 6.07) is 7.00. The molecule has 108 valence electrons. The molecule has 0 aromatic heterocycles. The van der Waals surface area contributed by atoms with Gasteiger partial charge in [0.2, 0.25) is 0 Å². The minimum atomic E-state index is -0.722. The summed E-state index contributed by atoms with van der Waals surface area (Å²) in [5, 5.41) is 0. The topological polar surface area (TPSA) is 9.23 Å². The Balaban J connectivity index is 2.20. The Labute approximate surface area is 125 Å². The Morgan fingerprint density at radius 3 is 2.43 bits per heavy atom. The van der Waals surface area contributed by atoms with Gasteiger partial charge in [0, 0.05) is 17.7 Å². The average molecular weight is 311 g/mol. The summed E-state index contributed by atoms with van der Waals surface area (Å²) in [5.74, 6) is 3.77. The number of rotatable bonds is 3. The van der Waals surface area contributed by atoms with Crippen LogP contribution in [0.1, 0.15) is 11.1 Å². The van der Waals surface area contributed by atoms with Crippen molar-refractivity contribution >= 4 is 11.6 Å². The van der Waals surface area contributed by atoms with E-state index in [2.05, 4.69) is 11.8 Å². The summed E-state index contributed by atoms with van der Waals surface area (Å²) in [4.78, 5) is 0. The van der Waals surface area contributed by atoms with Crippen molar-refractivity contribution in [2.75, 3.05) is 5.88 Å². The molecule has 0 heterocycles. The second-order valence-corrected chi connectivity index (χ2v) is 4.37. The molecule has 1 nitrogen and oxygen atoms in total. The molecule has 0 saturated carbocycles. The van der Waals surface area contributed by atoms with E-state index in [9.17, 15) is 13.2 Å². The predicted octanol–water partition coefficient (Wildman–Crippen LogP) is 4.27. The lowest BCUT2D eigenvalue weighted by Gasteiger charge is -2.09. The predicted molar refractivity (Wildman–Crippen MR) is 74.7 cm³/mol. The number of hydrogen-bond acceptors (Lipinski definition) is 1. The maximum atomic E-state index is 13.5. The van der Waals surface area contributed by atoms with E-state index < -0.39 is 17.5 Å². The fourth-order valence-corrected chi connectivity index (χ4v) is 1.71. The van der Waals surface area contributed by atoms with E-state index in [0.29, 0.717) is 5.56 Å². The van der Waals surface area contributed by atoms with Gasteiger partial charge >= 0.3 is 0 Å².